The van der Waals surface area contributed by atoms with Crippen LogP contribution >= 0.6 is 11.3 Å². The van der Waals surface area contributed by atoms with E-state index in [-0.39, 0.29) is 11.2 Å². The average Bonchev–Trinajstić information content (AvgIpc) is 3.18. The van der Waals surface area contributed by atoms with Crippen LogP contribution in [0.4, 0.5) is 0 Å². The lowest BCUT2D eigenvalue weighted by atomic mass is 10.1. The molecule has 0 fully saturated rings. The van der Waals surface area contributed by atoms with E-state index in [4.69, 9.17) is 0 Å². The molecular formula is C27H31N5O2S. The van der Waals surface area contributed by atoms with Crippen LogP contribution in [-0.4, -0.2) is 51.0 Å². The van der Waals surface area contributed by atoms with Crippen LogP contribution in [0.1, 0.15) is 27.4 Å². The van der Waals surface area contributed by atoms with Gasteiger partial charge < -0.3 is 9.88 Å². The Balaban J connectivity index is 1.27. The Morgan fingerprint density at radius 2 is 1.94 bits per heavy atom. The Labute approximate surface area is 208 Å². The van der Waals surface area contributed by atoms with Crippen LogP contribution in [0.2, 0.25) is 0 Å². The van der Waals surface area contributed by atoms with Crippen molar-refractivity contribution in [1.29, 1.82) is 0 Å². The highest BCUT2D eigenvalue weighted by molar-refractivity contribution is 7.19. The van der Waals surface area contributed by atoms with E-state index in [2.05, 4.69) is 51.0 Å². The molecule has 4 aromatic rings. The third-order valence-electron chi connectivity index (χ3n) is 6.92. The van der Waals surface area contributed by atoms with E-state index < -0.39 is 0 Å². The molecule has 0 amide bonds. The van der Waals surface area contributed by atoms with Crippen molar-refractivity contribution in [2.75, 3.05) is 26.7 Å². The summed E-state index contributed by atoms with van der Waals surface area (Å²) >= 11 is 1.83. The van der Waals surface area contributed by atoms with Crippen molar-refractivity contribution in [2.24, 2.45) is 0 Å². The lowest BCUT2D eigenvalue weighted by molar-refractivity contribution is 0.241. The molecule has 0 aliphatic carbocycles. The maximum atomic E-state index is 13.3. The van der Waals surface area contributed by atoms with Crippen molar-refractivity contribution in [3.63, 3.8) is 0 Å². The molecule has 1 aromatic carbocycles. The molecule has 0 atom stereocenters. The number of rotatable bonds is 8. The highest BCUT2D eigenvalue weighted by Crippen LogP contribution is 2.32. The summed E-state index contributed by atoms with van der Waals surface area (Å²) < 4.78 is 2.67. The first-order valence-corrected chi connectivity index (χ1v) is 12.9. The van der Waals surface area contributed by atoms with Crippen LogP contribution in [0, 0.1) is 6.92 Å². The molecule has 1 aliphatic rings. The van der Waals surface area contributed by atoms with E-state index in [1.807, 2.05) is 36.6 Å². The molecular weight excluding hydrogens is 458 g/mol. The molecule has 0 unspecified atom stereocenters. The van der Waals surface area contributed by atoms with Gasteiger partial charge in [0, 0.05) is 79.3 Å². The number of nitrogens with one attached hydrogen (secondary N) is 1. The number of aryl methyl sites for hydroxylation is 1. The molecule has 8 heteroatoms. The van der Waals surface area contributed by atoms with Crippen LogP contribution in [0.15, 0.2) is 58.3 Å². The van der Waals surface area contributed by atoms with Gasteiger partial charge in [0.25, 0.3) is 5.56 Å². The highest BCUT2D eigenvalue weighted by Gasteiger charge is 2.23. The second kappa shape index (κ2) is 10.3. The lowest BCUT2D eigenvalue weighted by Gasteiger charge is -2.28. The summed E-state index contributed by atoms with van der Waals surface area (Å²) in [5.74, 6) is 0. The van der Waals surface area contributed by atoms with Crippen molar-refractivity contribution in [2.45, 2.75) is 39.4 Å². The van der Waals surface area contributed by atoms with Gasteiger partial charge in [-0.3, -0.25) is 19.2 Å². The van der Waals surface area contributed by atoms with Crippen LogP contribution in [0.25, 0.3) is 10.1 Å². The van der Waals surface area contributed by atoms with Gasteiger partial charge in [-0.1, -0.05) is 24.3 Å². The summed E-state index contributed by atoms with van der Waals surface area (Å²) in [6, 6.07) is 14.4. The Bertz CT molecular complexity index is 1440. The van der Waals surface area contributed by atoms with Crippen LogP contribution < -0.4 is 11.2 Å². The van der Waals surface area contributed by atoms with Crippen molar-refractivity contribution < 1.29 is 0 Å². The minimum absolute atomic E-state index is 0.153. The molecule has 35 heavy (non-hydrogen) atoms. The molecule has 1 aliphatic heterocycles. The van der Waals surface area contributed by atoms with Gasteiger partial charge in [-0.2, -0.15) is 0 Å². The smallest absolute Gasteiger partial charge is 0.311 e. The predicted octanol–water partition coefficient (Wildman–Crippen LogP) is 3.19. The summed E-state index contributed by atoms with van der Waals surface area (Å²) in [6.07, 6.45) is 3.32. The number of H-pyrrole nitrogens is 1. The van der Waals surface area contributed by atoms with Crippen molar-refractivity contribution >= 4 is 21.4 Å². The van der Waals surface area contributed by atoms with Crippen molar-refractivity contribution in [3.8, 4) is 0 Å². The molecule has 0 saturated carbocycles. The fourth-order valence-electron chi connectivity index (χ4n) is 4.76. The molecule has 7 nitrogen and oxygen atoms in total. The van der Waals surface area contributed by atoms with Crippen LogP contribution in [0.3, 0.4) is 0 Å². The van der Waals surface area contributed by atoms with E-state index in [9.17, 15) is 9.59 Å². The number of aromatic nitrogens is 3. The summed E-state index contributed by atoms with van der Waals surface area (Å²) in [4.78, 5) is 39.2. The molecule has 182 valence electrons. The molecule has 5 rings (SSSR count). The van der Waals surface area contributed by atoms with Gasteiger partial charge in [0.1, 0.15) is 0 Å². The van der Waals surface area contributed by atoms with Gasteiger partial charge >= 0.3 is 5.69 Å². The standard InChI is InChI=1S/C27H31N5O2S/c1-19-21-8-3-4-9-24(21)35-25(19)18-31-14-11-23-22(17-31)26(33)32(27(34)29-23)16-15-30(2)13-10-20-7-5-6-12-28-20/h3-9,12H,10-11,13-18H2,1-2H3,(H,29,34). The van der Waals surface area contributed by atoms with E-state index in [0.717, 1.165) is 43.0 Å². The van der Waals surface area contributed by atoms with Gasteiger partial charge in [0.05, 0.1) is 5.56 Å². The lowest BCUT2D eigenvalue weighted by Crippen LogP contribution is -2.45. The van der Waals surface area contributed by atoms with Crippen LogP contribution in [0.5, 0.6) is 0 Å². The van der Waals surface area contributed by atoms with E-state index in [1.54, 1.807) is 6.20 Å². The SMILES string of the molecule is Cc1c(CN2CCc3[nH]c(=O)n(CCN(C)CCc4ccccn4)c(=O)c3C2)sc2ccccc12. The summed E-state index contributed by atoms with van der Waals surface area (Å²) in [5, 5.41) is 1.31. The zero-order valence-electron chi connectivity index (χ0n) is 20.3. The normalized spacial score (nSPS) is 14.0. The maximum Gasteiger partial charge on any atom is 0.328 e. The summed E-state index contributed by atoms with van der Waals surface area (Å²) in [6.45, 7) is 6.20. The number of nitrogens with zero attached hydrogens (tertiary/aromatic N) is 4. The molecule has 1 N–H and O–H groups in total. The molecule has 4 heterocycles. The molecule has 0 saturated heterocycles. The first kappa shape index (κ1) is 23.7. The largest absolute Gasteiger partial charge is 0.328 e. The third kappa shape index (κ3) is 5.15. The Morgan fingerprint density at radius 1 is 1.11 bits per heavy atom. The van der Waals surface area contributed by atoms with Gasteiger partial charge in [-0.25, -0.2) is 4.79 Å². The monoisotopic (exact) mass is 489 g/mol. The van der Waals surface area contributed by atoms with E-state index in [1.165, 1.54) is 25.1 Å². The van der Waals surface area contributed by atoms with Crippen LogP contribution in [-0.2, 0) is 32.5 Å². The number of pyridine rings is 1. The number of hydrogen-bond acceptors (Lipinski definition) is 6. The topological polar surface area (TPSA) is 74.2 Å². The first-order valence-electron chi connectivity index (χ1n) is 12.1. The first-order chi connectivity index (χ1) is 17.0. The molecule has 0 radical (unpaired) electrons. The molecule has 3 aromatic heterocycles. The predicted molar refractivity (Wildman–Crippen MR) is 141 cm³/mol. The summed E-state index contributed by atoms with van der Waals surface area (Å²) in [5.41, 5.74) is 3.43. The average molecular weight is 490 g/mol. The number of aromatic amines is 1. The third-order valence-corrected chi connectivity index (χ3v) is 8.18. The van der Waals surface area contributed by atoms with Gasteiger partial charge in [0.2, 0.25) is 0 Å². The zero-order valence-corrected chi connectivity index (χ0v) is 21.1. The summed E-state index contributed by atoms with van der Waals surface area (Å²) in [7, 11) is 2.01. The van der Waals surface area contributed by atoms with Gasteiger partial charge in [-0.05, 0) is 43.1 Å². The van der Waals surface area contributed by atoms with Gasteiger partial charge in [0.15, 0.2) is 0 Å². The number of hydrogen-bond donors (Lipinski definition) is 1. The van der Waals surface area contributed by atoms with Gasteiger partial charge in [-0.15, -0.1) is 11.3 Å². The number of fused-ring (bicyclic) bond motifs is 2. The minimum atomic E-state index is -0.305. The Morgan fingerprint density at radius 3 is 2.74 bits per heavy atom. The van der Waals surface area contributed by atoms with E-state index in [0.29, 0.717) is 26.1 Å². The fourth-order valence-corrected chi connectivity index (χ4v) is 6.01. The quantitative estimate of drug-likeness (QED) is 0.412. The number of benzene rings is 1. The van der Waals surface area contributed by atoms with E-state index >= 15 is 0 Å². The number of thiophene rings is 1. The Kier molecular flexibility index (Phi) is 6.95. The molecule has 0 bridgehead atoms. The number of likely N-dealkylation sites (N-methyl/N-ethyl adjacent to an activating group) is 1. The maximum absolute atomic E-state index is 13.3. The zero-order chi connectivity index (χ0) is 24.4. The Hall–Kier alpha value is -3.07. The fraction of sp³-hybridized carbons (Fsp3) is 0.370. The van der Waals surface area contributed by atoms with Crippen molar-refractivity contribution in [1.82, 2.24) is 24.3 Å². The minimum Gasteiger partial charge on any atom is -0.311 e. The molecule has 0 spiro atoms. The highest BCUT2D eigenvalue weighted by atomic mass is 32.1. The second-order valence-electron chi connectivity index (χ2n) is 9.33. The second-order valence-corrected chi connectivity index (χ2v) is 10.5. The van der Waals surface area contributed by atoms with Crippen molar-refractivity contribution in [3.05, 3.63) is 96.9 Å².